The maximum atomic E-state index is 13.1. The minimum absolute atomic E-state index is 0.583. The van der Waals surface area contributed by atoms with Crippen LogP contribution in [-0.4, -0.2) is 17.1 Å². The lowest BCUT2D eigenvalue weighted by atomic mass is 9.90. The van der Waals surface area contributed by atoms with E-state index in [1.807, 2.05) is 0 Å². The van der Waals surface area contributed by atoms with E-state index in [0.29, 0.717) is 6.07 Å². The lowest BCUT2D eigenvalue weighted by molar-refractivity contribution is -0.416. The molecule has 2 nitrogen and oxygen atoms in total. The van der Waals surface area contributed by atoms with Crippen molar-refractivity contribution in [3.8, 4) is 5.75 Å². The quantitative estimate of drug-likeness (QED) is 0.511. The molecule has 0 saturated carbocycles. The van der Waals surface area contributed by atoms with E-state index in [-0.39, 0.29) is 0 Å². The fourth-order valence-corrected chi connectivity index (χ4v) is 2.21. The van der Waals surface area contributed by atoms with Crippen molar-refractivity contribution < 1.29 is 35.8 Å². The first-order valence-electron chi connectivity index (χ1n) is 4.91. The Morgan fingerprint density at radius 3 is 1.90 bits per heavy atom. The monoisotopic (exact) mass is 340 g/mol. The molecular weight excluding hydrogens is 337 g/mol. The van der Waals surface area contributed by atoms with E-state index in [2.05, 4.69) is 9.47 Å². The average Bonchev–Trinajstić information content (AvgIpc) is 2.23. The fourth-order valence-electron chi connectivity index (χ4n) is 1.81. The Hall–Kier alpha value is -0.860. The lowest BCUT2D eigenvalue weighted by Crippen LogP contribution is -2.61. The molecule has 0 unspecified atom stereocenters. The Morgan fingerprint density at radius 2 is 1.40 bits per heavy atom. The molecule has 10 heteroatoms. The predicted octanol–water partition coefficient (Wildman–Crippen LogP) is 4.50. The summed E-state index contributed by atoms with van der Waals surface area (Å²) in [5, 5.41) is 0. The highest BCUT2D eigenvalue weighted by atomic mass is 35.5. The van der Waals surface area contributed by atoms with E-state index in [4.69, 9.17) is 23.2 Å². The second-order valence-electron chi connectivity index (χ2n) is 3.84. The smallest absolute Gasteiger partial charge is 0.431 e. The van der Waals surface area contributed by atoms with Crippen LogP contribution in [0.5, 0.6) is 5.75 Å². The van der Waals surface area contributed by atoms with Gasteiger partial charge in [-0.3, -0.25) is 4.74 Å². The van der Waals surface area contributed by atoms with Gasteiger partial charge in [-0.1, -0.05) is 18.2 Å². The summed E-state index contributed by atoms with van der Waals surface area (Å²) in [5.41, 5.74) is -5.94. The molecule has 0 amide bonds. The van der Waals surface area contributed by atoms with Crippen LogP contribution in [0.2, 0.25) is 0 Å². The summed E-state index contributed by atoms with van der Waals surface area (Å²) in [6, 6.07) is 3.61. The number of ether oxygens (including phenoxy) is 2. The third kappa shape index (κ3) is 2.19. The topological polar surface area (TPSA) is 18.5 Å². The van der Waals surface area contributed by atoms with Crippen LogP contribution in [0.4, 0.5) is 26.3 Å². The van der Waals surface area contributed by atoms with Crippen LogP contribution in [0.3, 0.4) is 0 Å². The van der Waals surface area contributed by atoms with E-state index in [0.717, 1.165) is 12.1 Å². The number of alkyl halides is 8. The van der Waals surface area contributed by atoms with Gasteiger partial charge in [-0.15, -0.1) is 0 Å². The highest BCUT2D eigenvalue weighted by Gasteiger charge is 2.78. The van der Waals surface area contributed by atoms with Gasteiger partial charge >= 0.3 is 17.1 Å². The predicted molar refractivity (Wildman–Crippen MR) is 56.4 cm³/mol. The number of halogens is 8. The Kier molecular flexibility index (Phi) is 3.35. The Balaban J connectivity index is 2.80. The summed E-state index contributed by atoms with van der Waals surface area (Å²) < 4.78 is 83.9. The summed E-state index contributed by atoms with van der Waals surface area (Å²) in [7, 11) is 0. The summed E-state index contributed by atoms with van der Waals surface area (Å²) in [6.07, 6.45) is -11.7. The summed E-state index contributed by atoms with van der Waals surface area (Å²) in [6.45, 7) is 0. The number of fused-ring (bicyclic) bond motifs is 1. The second-order valence-corrected chi connectivity index (χ2v) is 5.03. The summed E-state index contributed by atoms with van der Waals surface area (Å²) >= 11 is 10.4. The van der Waals surface area contributed by atoms with Crippen LogP contribution < -0.4 is 4.74 Å². The molecule has 0 N–H and O–H groups in total. The van der Waals surface area contributed by atoms with Crippen molar-refractivity contribution in [1.82, 2.24) is 0 Å². The van der Waals surface area contributed by atoms with Gasteiger partial charge in [0.15, 0.2) is 0 Å². The number of para-hydroxylation sites is 1. The first-order chi connectivity index (χ1) is 8.91. The average molecular weight is 341 g/mol. The molecule has 20 heavy (non-hydrogen) atoms. The molecule has 1 aromatic rings. The van der Waals surface area contributed by atoms with Gasteiger partial charge in [0.2, 0.25) is 0 Å². The van der Waals surface area contributed by atoms with E-state index in [1.54, 1.807) is 0 Å². The number of hydrogen-bond donors (Lipinski definition) is 0. The molecule has 0 fully saturated rings. The van der Waals surface area contributed by atoms with Crippen LogP contribution in [0.1, 0.15) is 5.56 Å². The molecule has 0 aliphatic carbocycles. The number of hydrogen-bond acceptors (Lipinski definition) is 2. The molecule has 112 valence electrons. The third-order valence-corrected chi connectivity index (χ3v) is 2.87. The van der Waals surface area contributed by atoms with Crippen molar-refractivity contribution in [2.75, 3.05) is 0 Å². The summed E-state index contributed by atoms with van der Waals surface area (Å²) in [4.78, 5) is 0. The maximum absolute atomic E-state index is 13.1. The Bertz CT molecular complexity index is 511. The molecule has 0 bridgehead atoms. The van der Waals surface area contributed by atoms with E-state index in [9.17, 15) is 26.3 Å². The Morgan fingerprint density at radius 1 is 0.900 bits per heavy atom. The van der Waals surface area contributed by atoms with Crippen molar-refractivity contribution >= 4 is 23.2 Å². The van der Waals surface area contributed by atoms with Gasteiger partial charge in [-0.2, -0.15) is 26.3 Å². The van der Waals surface area contributed by atoms with Gasteiger partial charge in [0.1, 0.15) is 5.75 Å². The second kappa shape index (κ2) is 4.32. The van der Waals surface area contributed by atoms with Crippen molar-refractivity contribution in [2.24, 2.45) is 0 Å². The zero-order valence-electron chi connectivity index (χ0n) is 9.15. The molecule has 1 aromatic carbocycles. The number of rotatable bonds is 0. The van der Waals surface area contributed by atoms with Gasteiger partial charge in [0.05, 0.1) is 0 Å². The van der Waals surface area contributed by atoms with Gasteiger partial charge in [0.25, 0.3) is 5.60 Å². The normalized spacial score (nSPS) is 21.0. The molecule has 1 heterocycles. The van der Waals surface area contributed by atoms with Gasteiger partial charge in [-0.25, -0.2) is 0 Å². The van der Waals surface area contributed by atoms with Crippen molar-refractivity contribution in [2.45, 2.75) is 22.7 Å². The molecule has 0 radical (unpaired) electrons. The lowest BCUT2D eigenvalue weighted by Gasteiger charge is -2.44. The highest BCUT2D eigenvalue weighted by molar-refractivity contribution is 6.46. The van der Waals surface area contributed by atoms with Gasteiger partial charge in [0, 0.05) is 5.56 Å². The minimum Gasteiger partial charge on any atom is -0.436 e. The number of benzene rings is 1. The highest BCUT2D eigenvalue weighted by Crippen LogP contribution is 2.60. The zero-order valence-corrected chi connectivity index (χ0v) is 10.7. The van der Waals surface area contributed by atoms with E-state index >= 15 is 0 Å². The molecular formula is C10H4Cl2F6O2. The van der Waals surface area contributed by atoms with Crippen LogP contribution >= 0.6 is 23.2 Å². The third-order valence-electron chi connectivity index (χ3n) is 2.57. The first kappa shape index (κ1) is 15.5. The van der Waals surface area contributed by atoms with Crippen molar-refractivity contribution in [3.63, 3.8) is 0 Å². The standard InChI is InChI=1S/C10H4Cl2F6O2/c11-10(12)19-6-4-2-1-3-5(6)7(20-10,8(13,14)15)9(16,17)18/h1-4H. The molecule has 0 atom stereocenters. The van der Waals surface area contributed by atoms with Crippen molar-refractivity contribution in [1.29, 1.82) is 0 Å². The fraction of sp³-hybridized carbons (Fsp3) is 0.400. The molecule has 1 aliphatic heterocycles. The summed E-state index contributed by atoms with van der Waals surface area (Å²) in [5.74, 6) is -0.765. The van der Waals surface area contributed by atoms with Crippen LogP contribution in [0.25, 0.3) is 0 Å². The van der Waals surface area contributed by atoms with Crippen molar-refractivity contribution in [3.05, 3.63) is 29.8 Å². The van der Waals surface area contributed by atoms with E-state index in [1.165, 1.54) is 6.07 Å². The zero-order chi connectivity index (χ0) is 15.4. The molecule has 1 aliphatic rings. The SMILES string of the molecule is FC(F)(F)C1(C(F)(F)F)OC(Cl)(Cl)Oc2ccccc21. The largest absolute Gasteiger partial charge is 0.436 e. The molecule has 0 saturated heterocycles. The van der Waals surface area contributed by atoms with Gasteiger partial charge < -0.3 is 4.74 Å². The van der Waals surface area contributed by atoms with Crippen LogP contribution in [-0.2, 0) is 10.3 Å². The maximum Gasteiger partial charge on any atom is 0.431 e. The van der Waals surface area contributed by atoms with Crippen LogP contribution in [0, 0.1) is 0 Å². The molecule has 0 spiro atoms. The van der Waals surface area contributed by atoms with Gasteiger partial charge in [-0.05, 0) is 29.3 Å². The first-order valence-corrected chi connectivity index (χ1v) is 5.66. The van der Waals surface area contributed by atoms with Crippen LogP contribution in [0.15, 0.2) is 24.3 Å². The molecule has 0 aromatic heterocycles. The molecule has 2 rings (SSSR count). The minimum atomic E-state index is -5.85. The Labute approximate surface area is 118 Å². The van der Waals surface area contributed by atoms with E-state index < -0.39 is 34.0 Å².